The molecule has 0 N–H and O–H groups in total. The van der Waals surface area contributed by atoms with Crippen molar-refractivity contribution in [2.24, 2.45) is 0 Å². The number of hydrogen-bond donors (Lipinski definition) is 0. The molecular weight excluding hydrogens is 373 g/mol. The molecule has 0 spiro atoms. The van der Waals surface area contributed by atoms with Crippen LogP contribution in [0.2, 0.25) is 0 Å². The van der Waals surface area contributed by atoms with E-state index in [1.54, 1.807) is 4.90 Å². The summed E-state index contributed by atoms with van der Waals surface area (Å²) in [6, 6.07) is 5.78. The van der Waals surface area contributed by atoms with E-state index in [4.69, 9.17) is 4.52 Å². The summed E-state index contributed by atoms with van der Waals surface area (Å²) in [6.45, 7) is 0.826. The molecule has 6 nitrogen and oxygen atoms in total. The Bertz CT molecular complexity index is 1010. The lowest BCUT2D eigenvalue weighted by Gasteiger charge is -2.31. The van der Waals surface area contributed by atoms with Crippen LogP contribution in [-0.2, 0) is 0 Å². The predicted molar refractivity (Wildman–Crippen MR) is 91.7 cm³/mol. The van der Waals surface area contributed by atoms with Crippen molar-refractivity contribution < 1.29 is 22.5 Å². The van der Waals surface area contributed by atoms with Gasteiger partial charge in [0.15, 0.2) is 17.5 Å². The first-order valence-corrected chi connectivity index (χ1v) is 8.71. The molecular formula is C19H15F3N4O2. The average molecular weight is 388 g/mol. The van der Waals surface area contributed by atoms with Gasteiger partial charge >= 0.3 is 0 Å². The predicted octanol–water partition coefficient (Wildman–Crippen LogP) is 3.57. The number of halogens is 3. The van der Waals surface area contributed by atoms with Crippen LogP contribution in [-0.4, -0.2) is 39.0 Å². The summed E-state index contributed by atoms with van der Waals surface area (Å²) in [6.07, 6.45) is 2.51. The lowest BCUT2D eigenvalue weighted by Crippen LogP contribution is -2.39. The Morgan fingerprint density at radius 1 is 1.14 bits per heavy atom. The molecule has 1 aromatic carbocycles. The zero-order chi connectivity index (χ0) is 19.7. The molecule has 1 atom stereocenters. The zero-order valence-corrected chi connectivity index (χ0v) is 14.6. The molecule has 1 amide bonds. The van der Waals surface area contributed by atoms with Crippen molar-refractivity contribution >= 4 is 5.91 Å². The van der Waals surface area contributed by atoms with E-state index < -0.39 is 17.5 Å². The van der Waals surface area contributed by atoms with Gasteiger partial charge in [0.05, 0.1) is 6.20 Å². The largest absolute Gasteiger partial charge is 0.338 e. The van der Waals surface area contributed by atoms with Crippen LogP contribution in [0.1, 0.15) is 34.9 Å². The van der Waals surface area contributed by atoms with E-state index in [0.29, 0.717) is 31.0 Å². The third kappa shape index (κ3) is 3.60. The average Bonchev–Trinajstić information content (AvgIpc) is 3.20. The van der Waals surface area contributed by atoms with Gasteiger partial charge in [-0.1, -0.05) is 5.16 Å². The van der Waals surface area contributed by atoms with Crippen LogP contribution in [0.25, 0.3) is 11.6 Å². The molecule has 3 heterocycles. The standard InChI is InChI=1S/C19H15F3N4O2/c20-13-4-6-16(23-9-13)18-24-17(25-28-18)12-2-1-7-26(10-12)19(27)11-3-5-14(21)15(22)8-11/h3-6,8-9,12H,1-2,7,10H2. The number of carbonyl (C=O) groups is 1. The number of amides is 1. The Hall–Kier alpha value is -3.23. The van der Waals surface area contributed by atoms with E-state index >= 15 is 0 Å². The van der Waals surface area contributed by atoms with E-state index in [2.05, 4.69) is 15.1 Å². The number of pyridine rings is 1. The van der Waals surface area contributed by atoms with Crippen LogP contribution < -0.4 is 0 Å². The number of hydrogen-bond acceptors (Lipinski definition) is 5. The highest BCUT2D eigenvalue weighted by Crippen LogP contribution is 2.27. The maximum Gasteiger partial charge on any atom is 0.276 e. The van der Waals surface area contributed by atoms with Crippen molar-refractivity contribution in [2.45, 2.75) is 18.8 Å². The third-order valence-corrected chi connectivity index (χ3v) is 4.63. The topological polar surface area (TPSA) is 72.1 Å². The minimum Gasteiger partial charge on any atom is -0.338 e. The van der Waals surface area contributed by atoms with E-state index in [0.717, 1.165) is 24.8 Å². The lowest BCUT2D eigenvalue weighted by molar-refractivity contribution is 0.0703. The Balaban J connectivity index is 1.50. The zero-order valence-electron chi connectivity index (χ0n) is 14.6. The second-order valence-corrected chi connectivity index (χ2v) is 6.54. The first kappa shape index (κ1) is 18.1. The van der Waals surface area contributed by atoms with Gasteiger partial charge in [0.1, 0.15) is 11.5 Å². The molecule has 28 heavy (non-hydrogen) atoms. The molecule has 0 radical (unpaired) electrons. The van der Waals surface area contributed by atoms with Crippen molar-refractivity contribution in [2.75, 3.05) is 13.1 Å². The molecule has 4 rings (SSSR count). The van der Waals surface area contributed by atoms with Gasteiger partial charge in [-0.2, -0.15) is 4.98 Å². The van der Waals surface area contributed by atoms with Crippen LogP contribution in [0, 0.1) is 17.5 Å². The van der Waals surface area contributed by atoms with Crippen molar-refractivity contribution in [1.29, 1.82) is 0 Å². The van der Waals surface area contributed by atoms with Gasteiger partial charge in [0.25, 0.3) is 11.8 Å². The second kappa shape index (κ2) is 7.41. The van der Waals surface area contributed by atoms with Gasteiger partial charge in [-0.15, -0.1) is 0 Å². The summed E-state index contributed by atoms with van der Waals surface area (Å²) in [5.74, 6) is -2.49. The fourth-order valence-corrected chi connectivity index (χ4v) is 3.19. The third-order valence-electron chi connectivity index (χ3n) is 4.63. The monoisotopic (exact) mass is 388 g/mol. The van der Waals surface area contributed by atoms with E-state index in [1.807, 2.05) is 0 Å². The Kier molecular flexibility index (Phi) is 4.81. The number of carbonyl (C=O) groups excluding carboxylic acids is 1. The van der Waals surface area contributed by atoms with Gasteiger partial charge in [0, 0.05) is 24.6 Å². The van der Waals surface area contributed by atoms with Crippen LogP contribution in [0.4, 0.5) is 13.2 Å². The summed E-state index contributed by atoms with van der Waals surface area (Å²) >= 11 is 0. The Morgan fingerprint density at radius 3 is 2.75 bits per heavy atom. The van der Waals surface area contributed by atoms with Crippen molar-refractivity contribution in [3.05, 3.63) is 65.4 Å². The van der Waals surface area contributed by atoms with Gasteiger partial charge in [-0.05, 0) is 43.2 Å². The number of likely N-dealkylation sites (tertiary alicyclic amines) is 1. The van der Waals surface area contributed by atoms with Crippen molar-refractivity contribution in [3.63, 3.8) is 0 Å². The molecule has 1 aliphatic rings. The van der Waals surface area contributed by atoms with E-state index in [9.17, 15) is 18.0 Å². The molecule has 1 unspecified atom stereocenters. The smallest absolute Gasteiger partial charge is 0.276 e. The minimum atomic E-state index is -1.06. The molecule has 2 aromatic heterocycles. The summed E-state index contributed by atoms with van der Waals surface area (Å²) in [7, 11) is 0. The van der Waals surface area contributed by atoms with Crippen LogP contribution >= 0.6 is 0 Å². The Labute approximate surface area is 158 Å². The molecule has 0 aliphatic carbocycles. The quantitative estimate of drug-likeness (QED) is 0.686. The number of aromatic nitrogens is 3. The summed E-state index contributed by atoms with van der Waals surface area (Å²) in [5.41, 5.74) is 0.439. The van der Waals surface area contributed by atoms with Gasteiger partial charge in [-0.3, -0.25) is 4.79 Å². The number of benzene rings is 1. The second-order valence-electron chi connectivity index (χ2n) is 6.54. The van der Waals surface area contributed by atoms with Crippen LogP contribution in [0.15, 0.2) is 41.1 Å². The molecule has 1 saturated heterocycles. The van der Waals surface area contributed by atoms with Crippen molar-refractivity contribution in [1.82, 2.24) is 20.0 Å². The summed E-state index contributed by atoms with van der Waals surface area (Å²) in [5, 5.41) is 3.96. The maximum atomic E-state index is 13.4. The highest BCUT2D eigenvalue weighted by atomic mass is 19.2. The summed E-state index contributed by atoms with van der Waals surface area (Å²) in [4.78, 5) is 22.4. The SMILES string of the molecule is O=C(c1ccc(F)c(F)c1)N1CCCC(c2noc(-c3ccc(F)cn3)n2)C1. The fraction of sp³-hybridized carbons (Fsp3) is 0.263. The van der Waals surface area contributed by atoms with Gasteiger partial charge < -0.3 is 9.42 Å². The lowest BCUT2D eigenvalue weighted by atomic mass is 9.96. The number of piperidine rings is 1. The van der Waals surface area contributed by atoms with Crippen LogP contribution in [0.5, 0.6) is 0 Å². The molecule has 9 heteroatoms. The first-order valence-electron chi connectivity index (χ1n) is 8.71. The maximum absolute atomic E-state index is 13.4. The highest BCUT2D eigenvalue weighted by molar-refractivity contribution is 5.94. The molecule has 0 bridgehead atoms. The Morgan fingerprint density at radius 2 is 2.00 bits per heavy atom. The minimum absolute atomic E-state index is 0.0869. The number of nitrogens with zero attached hydrogens (tertiary/aromatic N) is 4. The fourth-order valence-electron chi connectivity index (χ4n) is 3.19. The molecule has 144 valence electrons. The van der Waals surface area contributed by atoms with E-state index in [1.165, 1.54) is 18.2 Å². The normalized spacial score (nSPS) is 17.0. The first-order chi connectivity index (χ1) is 13.5. The van der Waals surface area contributed by atoms with E-state index in [-0.39, 0.29) is 23.3 Å². The highest BCUT2D eigenvalue weighted by Gasteiger charge is 2.29. The van der Waals surface area contributed by atoms with Crippen LogP contribution in [0.3, 0.4) is 0 Å². The summed E-state index contributed by atoms with van der Waals surface area (Å²) < 4.78 is 44.7. The molecule has 1 fully saturated rings. The molecule has 0 saturated carbocycles. The van der Waals surface area contributed by atoms with Gasteiger partial charge in [0.2, 0.25) is 0 Å². The number of rotatable bonds is 3. The van der Waals surface area contributed by atoms with Crippen molar-refractivity contribution in [3.8, 4) is 11.6 Å². The molecule has 3 aromatic rings. The van der Waals surface area contributed by atoms with Gasteiger partial charge in [-0.25, -0.2) is 18.2 Å². The molecule has 1 aliphatic heterocycles.